The Morgan fingerprint density at radius 3 is 2.23 bits per heavy atom. The summed E-state index contributed by atoms with van der Waals surface area (Å²) in [7, 11) is 5.28. The summed E-state index contributed by atoms with van der Waals surface area (Å²) in [6.45, 7) is 7.66. The summed E-state index contributed by atoms with van der Waals surface area (Å²) in [4.78, 5) is 19.9. The number of rotatable bonds is 9. The van der Waals surface area contributed by atoms with Crippen molar-refractivity contribution < 1.29 is 4.79 Å². The molecule has 0 saturated carbocycles. The molecule has 1 aromatic rings. The fraction of sp³-hybridized carbons (Fsp3) is 0.579. The van der Waals surface area contributed by atoms with Gasteiger partial charge in [0.15, 0.2) is 5.96 Å². The molecule has 6 nitrogen and oxygen atoms in total. The van der Waals surface area contributed by atoms with Crippen molar-refractivity contribution in [2.75, 3.05) is 47.3 Å². The van der Waals surface area contributed by atoms with E-state index in [0.29, 0.717) is 13.0 Å². The minimum atomic E-state index is 0. The maximum atomic E-state index is 11.6. The molecule has 0 aliphatic heterocycles. The Morgan fingerprint density at radius 1 is 1.12 bits per heavy atom. The van der Waals surface area contributed by atoms with Crippen LogP contribution in [0.25, 0.3) is 0 Å². The lowest BCUT2D eigenvalue weighted by atomic mass is 10.1. The zero-order valence-electron chi connectivity index (χ0n) is 16.7. The highest BCUT2D eigenvalue weighted by atomic mass is 127. The minimum absolute atomic E-state index is 0. The number of nitrogens with zero attached hydrogens (tertiary/aromatic N) is 3. The Labute approximate surface area is 175 Å². The summed E-state index contributed by atoms with van der Waals surface area (Å²) in [5, 5.41) is 6.60. The maximum Gasteiger partial charge on any atom is 0.223 e. The topological polar surface area (TPSA) is 60.0 Å². The number of amides is 1. The normalized spacial score (nSPS) is 12.3. The summed E-state index contributed by atoms with van der Waals surface area (Å²) in [6, 6.07) is 10.8. The number of carbonyl (C=O) groups is 1. The number of benzene rings is 1. The molecule has 0 heterocycles. The zero-order valence-corrected chi connectivity index (χ0v) is 19.0. The van der Waals surface area contributed by atoms with Gasteiger partial charge in [0.05, 0.1) is 6.04 Å². The third-order valence-corrected chi connectivity index (χ3v) is 4.25. The molecule has 2 N–H and O–H groups in total. The first kappa shape index (κ1) is 24.7. The van der Waals surface area contributed by atoms with Crippen LogP contribution in [0.2, 0.25) is 0 Å². The van der Waals surface area contributed by atoms with Crippen molar-refractivity contribution in [1.82, 2.24) is 20.4 Å². The molecular weight excluding hydrogens is 441 g/mol. The average molecular weight is 475 g/mol. The van der Waals surface area contributed by atoms with E-state index in [-0.39, 0.29) is 35.9 Å². The van der Waals surface area contributed by atoms with Crippen molar-refractivity contribution in [3.8, 4) is 0 Å². The molecule has 7 heteroatoms. The first-order valence-electron chi connectivity index (χ1n) is 8.97. The van der Waals surface area contributed by atoms with Crippen molar-refractivity contribution in [2.45, 2.75) is 26.3 Å². The second kappa shape index (κ2) is 13.8. The molecule has 26 heavy (non-hydrogen) atoms. The van der Waals surface area contributed by atoms with E-state index in [1.807, 2.05) is 6.07 Å². The number of hydrogen-bond acceptors (Lipinski definition) is 3. The van der Waals surface area contributed by atoms with Gasteiger partial charge in [-0.2, -0.15) is 0 Å². The van der Waals surface area contributed by atoms with E-state index in [4.69, 9.17) is 0 Å². The second-order valence-corrected chi connectivity index (χ2v) is 6.07. The maximum absolute atomic E-state index is 11.6. The van der Waals surface area contributed by atoms with E-state index in [1.165, 1.54) is 5.56 Å². The number of likely N-dealkylation sites (N-methyl/N-ethyl adjacent to an activating group) is 1. The molecule has 148 valence electrons. The molecule has 0 bridgehead atoms. The fourth-order valence-corrected chi connectivity index (χ4v) is 2.72. The van der Waals surface area contributed by atoms with Gasteiger partial charge in [0.25, 0.3) is 0 Å². The average Bonchev–Trinajstić information content (AvgIpc) is 2.63. The van der Waals surface area contributed by atoms with Crippen molar-refractivity contribution in [3.63, 3.8) is 0 Å². The van der Waals surface area contributed by atoms with Gasteiger partial charge < -0.3 is 15.5 Å². The van der Waals surface area contributed by atoms with E-state index in [0.717, 1.165) is 25.6 Å². The summed E-state index contributed by atoms with van der Waals surface area (Å²) >= 11 is 0. The van der Waals surface area contributed by atoms with Gasteiger partial charge in [-0.1, -0.05) is 44.2 Å². The lowest BCUT2D eigenvalue weighted by Crippen LogP contribution is -2.44. The Hall–Kier alpha value is -1.35. The Morgan fingerprint density at radius 2 is 1.73 bits per heavy atom. The van der Waals surface area contributed by atoms with Crippen LogP contribution in [0.5, 0.6) is 0 Å². The van der Waals surface area contributed by atoms with Gasteiger partial charge in [-0.25, -0.2) is 0 Å². The van der Waals surface area contributed by atoms with E-state index in [2.05, 4.69) is 58.6 Å². The first-order valence-corrected chi connectivity index (χ1v) is 8.97. The molecule has 1 rings (SSSR count). The Kier molecular flexibility index (Phi) is 13.1. The highest BCUT2D eigenvalue weighted by Crippen LogP contribution is 2.19. The number of carbonyl (C=O) groups excluding carboxylic acids is 1. The van der Waals surface area contributed by atoms with Crippen LogP contribution >= 0.6 is 24.0 Å². The van der Waals surface area contributed by atoms with Gasteiger partial charge >= 0.3 is 0 Å². The van der Waals surface area contributed by atoms with E-state index in [9.17, 15) is 4.79 Å². The molecule has 1 aromatic carbocycles. The standard InChI is InChI=1S/C19H33N5O.HI/c1-6-24(7-2)17(16-11-9-8-10-12-16)15-22-19(20-3)21-14-13-18(25)23(4)5;/h8-12,17H,6-7,13-15H2,1-5H3,(H2,20,21,22);1H. The van der Waals surface area contributed by atoms with E-state index >= 15 is 0 Å². The molecule has 0 radical (unpaired) electrons. The zero-order chi connectivity index (χ0) is 18.7. The first-order chi connectivity index (χ1) is 12.0. The highest BCUT2D eigenvalue weighted by Gasteiger charge is 2.18. The Bertz CT molecular complexity index is 532. The molecule has 1 atom stereocenters. The van der Waals surface area contributed by atoms with Crippen molar-refractivity contribution in [2.24, 2.45) is 4.99 Å². The van der Waals surface area contributed by atoms with E-state index in [1.54, 1.807) is 26.0 Å². The van der Waals surface area contributed by atoms with Crippen LogP contribution in [0.1, 0.15) is 31.9 Å². The number of nitrogens with one attached hydrogen (secondary N) is 2. The van der Waals surface area contributed by atoms with Crippen LogP contribution in [0.4, 0.5) is 0 Å². The van der Waals surface area contributed by atoms with Gasteiger partial charge in [-0.05, 0) is 18.7 Å². The minimum Gasteiger partial charge on any atom is -0.356 e. The molecule has 0 fully saturated rings. The van der Waals surface area contributed by atoms with Crippen LogP contribution < -0.4 is 10.6 Å². The lowest BCUT2D eigenvalue weighted by Gasteiger charge is -2.30. The number of halogens is 1. The van der Waals surface area contributed by atoms with Gasteiger partial charge in [-0.15, -0.1) is 24.0 Å². The van der Waals surface area contributed by atoms with Crippen molar-refractivity contribution in [3.05, 3.63) is 35.9 Å². The van der Waals surface area contributed by atoms with Crippen LogP contribution in [0.15, 0.2) is 35.3 Å². The van der Waals surface area contributed by atoms with E-state index < -0.39 is 0 Å². The predicted molar refractivity (Wildman–Crippen MR) is 120 cm³/mol. The lowest BCUT2D eigenvalue weighted by molar-refractivity contribution is -0.128. The van der Waals surface area contributed by atoms with Gasteiger partial charge in [0, 0.05) is 40.7 Å². The van der Waals surface area contributed by atoms with Gasteiger partial charge in [-0.3, -0.25) is 14.7 Å². The second-order valence-electron chi connectivity index (χ2n) is 6.07. The molecule has 0 aliphatic rings. The molecule has 1 unspecified atom stereocenters. The summed E-state index contributed by atoms with van der Waals surface area (Å²) in [5.74, 6) is 0.827. The van der Waals surface area contributed by atoms with Gasteiger partial charge in [0.2, 0.25) is 5.91 Å². The summed E-state index contributed by atoms with van der Waals surface area (Å²) in [6.07, 6.45) is 0.450. The molecule has 0 aliphatic carbocycles. The molecular formula is C19H34IN5O. The smallest absolute Gasteiger partial charge is 0.223 e. The fourth-order valence-electron chi connectivity index (χ4n) is 2.72. The predicted octanol–water partition coefficient (Wildman–Crippen LogP) is 2.33. The third kappa shape index (κ3) is 8.35. The SMILES string of the molecule is CCN(CC)C(CNC(=NC)NCCC(=O)N(C)C)c1ccccc1.I. The third-order valence-electron chi connectivity index (χ3n) is 4.25. The molecule has 0 saturated heterocycles. The quantitative estimate of drug-likeness (QED) is 0.327. The molecule has 1 amide bonds. The number of aliphatic imine (C=N–C) groups is 1. The number of hydrogen-bond donors (Lipinski definition) is 2. The Balaban J connectivity index is 0.00000625. The van der Waals surface area contributed by atoms with Gasteiger partial charge in [0.1, 0.15) is 0 Å². The molecule has 0 spiro atoms. The summed E-state index contributed by atoms with van der Waals surface area (Å²) in [5.41, 5.74) is 1.29. The van der Waals surface area contributed by atoms with Crippen molar-refractivity contribution >= 4 is 35.8 Å². The van der Waals surface area contributed by atoms with Crippen LogP contribution in [-0.4, -0.2) is 69.0 Å². The van der Waals surface area contributed by atoms with Crippen LogP contribution in [-0.2, 0) is 4.79 Å². The van der Waals surface area contributed by atoms with Crippen LogP contribution in [0, 0.1) is 0 Å². The van der Waals surface area contributed by atoms with Crippen molar-refractivity contribution in [1.29, 1.82) is 0 Å². The highest BCUT2D eigenvalue weighted by molar-refractivity contribution is 14.0. The monoisotopic (exact) mass is 475 g/mol. The molecule has 0 aromatic heterocycles. The van der Waals surface area contributed by atoms with Crippen LogP contribution in [0.3, 0.4) is 0 Å². The largest absolute Gasteiger partial charge is 0.356 e. The number of guanidine groups is 1. The summed E-state index contributed by atoms with van der Waals surface area (Å²) < 4.78 is 0.